The second-order valence-corrected chi connectivity index (χ2v) is 10.6. The van der Waals surface area contributed by atoms with Crippen LogP contribution in [-0.2, 0) is 28.9 Å². The molecule has 1 aliphatic rings. The first-order chi connectivity index (χ1) is 19.3. The van der Waals surface area contributed by atoms with Crippen LogP contribution in [0.5, 0.6) is 0 Å². The molecule has 0 atom stereocenters. The molecule has 208 valence electrons. The summed E-state index contributed by atoms with van der Waals surface area (Å²) in [7, 11) is 0. The van der Waals surface area contributed by atoms with Gasteiger partial charge in [-0.2, -0.15) is 0 Å². The van der Waals surface area contributed by atoms with E-state index in [4.69, 9.17) is 14.2 Å². The lowest BCUT2D eigenvalue weighted by Gasteiger charge is -2.19. The number of H-pyrrole nitrogens is 1. The summed E-state index contributed by atoms with van der Waals surface area (Å²) in [4.78, 5) is 45.5. The third kappa shape index (κ3) is 6.14. The average molecular weight is 543 g/mol. The molecule has 0 saturated heterocycles. The topological polar surface area (TPSA) is 120 Å². The quantitative estimate of drug-likeness (QED) is 0.264. The maximum absolute atomic E-state index is 13.9. The molecule has 1 N–H and O–H groups in total. The van der Waals surface area contributed by atoms with E-state index in [0.29, 0.717) is 30.0 Å². The van der Waals surface area contributed by atoms with Gasteiger partial charge in [-0.15, -0.1) is 0 Å². The average Bonchev–Trinajstić information content (AvgIpc) is 3.66. The minimum Gasteiger partial charge on any atom is -0.462 e. The molecular formula is C31H34N4O5. The van der Waals surface area contributed by atoms with E-state index in [2.05, 4.69) is 17.1 Å². The highest BCUT2D eigenvalue weighted by atomic mass is 16.5. The molecule has 2 heterocycles. The predicted molar refractivity (Wildman–Crippen MR) is 151 cm³/mol. The Morgan fingerprint density at radius 2 is 1.82 bits per heavy atom. The maximum atomic E-state index is 13.9. The molecular weight excluding hydrogens is 508 g/mol. The van der Waals surface area contributed by atoms with Crippen molar-refractivity contribution >= 4 is 5.97 Å². The highest BCUT2D eigenvalue weighted by molar-refractivity contribution is 5.80. The van der Waals surface area contributed by atoms with Crippen molar-refractivity contribution in [1.82, 2.24) is 19.7 Å². The van der Waals surface area contributed by atoms with Crippen LogP contribution >= 0.6 is 0 Å². The van der Waals surface area contributed by atoms with E-state index in [9.17, 15) is 14.4 Å². The standard InChI is InChI=1S/C31H34N4O5/c1-4-5-10-26-32-28(19(2)3)25(17-27(36)39-22-15-16-22)30(37)35(26)18-20-11-13-21(14-12-20)23-8-6-7-9-24(23)29-33-31(38)40-34-29/h6-9,11-14,19,22H,4-5,10,15-18H2,1-3H3,(H,33,34,38). The lowest BCUT2D eigenvalue weighted by molar-refractivity contribution is -0.144. The number of nitrogens with zero attached hydrogens (tertiary/aromatic N) is 3. The third-order valence-electron chi connectivity index (χ3n) is 7.05. The number of rotatable bonds is 11. The minimum absolute atomic E-state index is 0.00505. The van der Waals surface area contributed by atoms with Gasteiger partial charge >= 0.3 is 11.7 Å². The fourth-order valence-electron chi connectivity index (χ4n) is 4.81. The van der Waals surface area contributed by atoms with Crippen LogP contribution in [0.25, 0.3) is 22.5 Å². The third-order valence-corrected chi connectivity index (χ3v) is 7.05. The molecule has 40 heavy (non-hydrogen) atoms. The molecule has 0 unspecified atom stereocenters. The van der Waals surface area contributed by atoms with E-state index < -0.39 is 5.76 Å². The summed E-state index contributed by atoms with van der Waals surface area (Å²) < 4.78 is 11.9. The molecule has 9 nitrogen and oxygen atoms in total. The van der Waals surface area contributed by atoms with Crippen LogP contribution in [0, 0.1) is 0 Å². The Balaban J connectivity index is 1.48. The minimum atomic E-state index is -0.610. The normalized spacial score (nSPS) is 13.1. The first-order valence-corrected chi connectivity index (χ1v) is 13.9. The van der Waals surface area contributed by atoms with Gasteiger partial charge in [0.2, 0.25) is 0 Å². The van der Waals surface area contributed by atoms with Crippen molar-refractivity contribution in [3.8, 4) is 22.5 Å². The Morgan fingerprint density at radius 1 is 1.10 bits per heavy atom. The van der Waals surface area contributed by atoms with Crippen molar-refractivity contribution in [1.29, 1.82) is 0 Å². The van der Waals surface area contributed by atoms with Crippen LogP contribution in [0.15, 0.2) is 62.6 Å². The summed E-state index contributed by atoms with van der Waals surface area (Å²) in [5.74, 6) is 0.125. The van der Waals surface area contributed by atoms with Crippen molar-refractivity contribution in [2.45, 2.75) is 77.9 Å². The second-order valence-electron chi connectivity index (χ2n) is 10.6. The van der Waals surface area contributed by atoms with Gasteiger partial charge in [-0.1, -0.05) is 80.9 Å². The molecule has 5 rings (SSSR count). The fraction of sp³-hybridized carbons (Fsp3) is 0.387. The highest BCUT2D eigenvalue weighted by Gasteiger charge is 2.28. The molecule has 9 heteroatoms. The van der Waals surface area contributed by atoms with E-state index in [1.807, 2.05) is 62.4 Å². The molecule has 1 saturated carbocycles. The largest absolute Gasteiger partial charge is 0.462 e. The Morgan fingerprint density at radius 3 is 2.45 bits per heavy atom. The second kappa shape index (κ2) is 11.9. The number of nitrogens with one attached hydrogen (secondary N) is 1. The molecule has 2 aromatic heterocycles. The molecule has 1 fully saturated rings. The molecule has 0 bridgehead atoms. The number of unbranched alkanes of at least 4 members (excludes halogenated alkanes) is 1. The van der Waals surface area contributed by atoms with E-state index in [1.54, 1.807) is 4.57 Å². The number of carbonyl (C=O) groups is 1. The summed E-state index contributed by atoms with van der Waals surface area (Å²) in [5, 5.41) is 3.84. The van der Waals surface area contributed by atoms with Gasteiger partial charge in [-0.25, -0.2) is 9.78 Å². The predicted octanol–water partition coefficient (Wildman–Crippen LogP) is 5.02. The highest BCUT2D eigenvalue weighted by Crippen LogP contribution is 2.30. The van der Waals surface area contributed by atoms with Crippen LogP contribution in [-0.4, -0.2) is 31.8 Å². The number of benzene rings is 2. The van der Waals surface area contributed by atoms with Gasteiger partial charge in [0.1, 0.15) is 11.9 Å². The van der Waals surface area contributed by atoms with Crippen LogP contribution < -0.4 is 11.3 Å². The van der Waals surface area contributed by atoms with Crippen LogP contribution in [0.3, 0.4) is 0 Å². The van der Waals surface area contributed by atoms with Crippen molar-refractivity contribution in [2.75, 3.05) is 0 Å². The Kier molecular flexibility index (Phi) is 8.09. The molecule has 0 spiro atoms. The maximum Gasteiger partial charge on any atom is 0.439 e. The fourth-order valence-corrected chi connectivity index (χ4v) is 4.81. The van der Waals surface area contributed by atoms with Crippen molar-refractivity contribution in [3.05, 3.63) is 92.1 Å². The van der Waals surface area contributed by atoms with Gasteiger partial charge < -0.3 is 4.74 Å². The Labute approximate surface area is 232 Å². The van der Waals surface area contributed by atoms with Gasteiger partial charge in [-0.3, -0.25) is 23.7 Å². The molecule has 4 aromatic rings. The number of hydrogen-bond donors (Lipinski definition) is 1. The van der Waals surface area contributed by atoms with Crippen molar-refractivity contribution < 1.29 is 14.1 Å². The number of aryl methyl sites for hydroxylation is 1. The number of aromatic amines is 1. The zero-order valence-corrected chi connectivity index (χ0v) is 23.1. The lowest BCUT2D eigenvalue weighted by atomic mass is 9.98. The van der Waals surface area contributed by atoms with Crippen molar-refractivity contribution in [2.24, 2.45) is 0 Å². The van der Waals surface area contributed by atoms with Gasteiger partial charge in [0, 0.05) is 12.0 Å². The summed E-state index contributed by atoms with van der Waals surface area (Å²) >= 11 is 0. The summed E-state index contributed by atoms with van der Waals surface area (Å²) in [5.41, 5.74) is 4.42. The molecule has 2 aromatic carbocycles. The van der Waals surface area contributed by atoms with Gasteiger partial charge in [0.25, 0.3) is 5.56 Å². The molecule has 0 radical (unpaired) electrons. The molecule has 0 aliphatic heterocycles. The van der Waals surface area contributed by atoms with E-state index >= 15 is 0 Å². The number of hydrogen-bond acceptors (Lipinski definition) is 7. The van der Waals surface area contributed by atoms with Crippen LogP contribution in [0.4, 0.5) is 0 Å². The lowest BCUT2D eigenvalue weighted by Crippen LogP contribution is -2.32. The van der Waals surface area contributed by atoms with Crippen molar-refractivity contribution in [3.63, 3.8) is 0 Å². The first kappa shape index (κ1) is 27.3. The number of ether oxygens (including phenoxy) is 1. The van der Waals surface area contributed by atoms with E-state index in [-0.39, 0.29) is 30.0 Å². The van der Waals surface area contributed by atoms with Gasteiger partial charge in [-0.05, 0) is 41.9 Å². The van der Waals surface area contributed by atoms with Crippen LogP contribution in [0.1, 0.15) is 75.0 Å². The van der Waals surface area contributed by atoms with E-state index in [1.165, 1.54) is 0 Å². The molecule has 1 aliphatic carbocycles. The number of aromatic nitrogens is 4. The summed E-state index contributed by atoms with van der Waals surface area (Å²) in [6.45, 7) is 6.44. The van der Waals surface area contributed by atoms with Gasteiger partial charge in [0.05, 0.1) is 24.2 Å². The van der Waals surface area contributed by atoms with E-state index in [0.717, 1.165) is 53.8 Å². The van der Waals surface area contributed by atoms with Gasteiger partial charge in [0.15, 0.2) is 5.82 Å². The Bertz CT molecular complexity index is 1610. The smallest absolute Gasteiger partial charge is 0.439 e. The SMILES string of the molecule is CCCCc1nc(C(C)C)c(CC(=O)OC2CC2)c(=O)n1Cc1ccc(-c2ccccc2-c2noc(=O)[nH]2)cc1. The Hall–Kier alpha value is -4.27. The summed E-state index contributed by atoms with van der Waals surface area (Å²) in [6, 6.07) is 15.5. The zero-order chi connectivity index (χ0) is 28.2. The monoisotopic (exact) mass is 542 g/mol. The number of esters is 1. The molecule has 0 amide bonds. The zero-order valence-electron chi connectivity index (χ0n) is 23.1. The van der Waals surface area contributed by atoms with Crippen LogP contribution in [0.2, 0.25) is 0 Å². The first-order valence-electron chi connectivity index (χ1n) is 13.9. The summed E-state index contributed by atoms with van der Waals surface area (Å²) in [6.07, 6.45) is 4.27. The number of carbonyl (C=O) groups excluding carboxylic acids is 1.